The van der Waals surface area contributed by atoms with Crippen LogP contribution in [0.3, 0.4) is 0 Å². The number of rotatable bonds is 7. The van der Waals surface area contributed by atoms with Crippen LogP contribution in [0, 0.1) is 5.92 Å². The maximum absolute atomic E-state index is 5.38. The molecule has 0 amide bonds. The molecule has 1 aromatic rings. The summed E-state index contributed by atoms with van der Waals surface area (Å²) >= 11 is 0. The van der Waals surface area contributed by atoms with Gasteiger partial charge in [-0.2, -0.15) is 4.98 Å². The van der Waals surface area contributed by atoms with Crippen molar-refractivity contribution in [2.75, 3.05) is 19.6 Å². The zero-order valence-electron chi connectivity index (χ0n) is 12.1. The van der Waals surface area contributed by atoms with Crippen molar-refractivity contribution < 1.29 is 4.52 Å². The maximum Gasteiger partial charge on any atom is 0.229 e. The smallest absolute Gasteiger partial charge is 0.229 e. The Balaban J connectivity index is 1.37. The molecule has 2 aliphatic carbocycles. The first-order valence-corrected chi connectivity index (χ1v) is 8.15. The van der Waals surface area contributed by atoms with Gasteiger partial charge in [-0.15, -0.1) is 0 Å². The first kappa shape index (κ1) is 12.8. The molecule has 4 rings (SSSR count). The predicted octanol–water partition coefficient (Wildman–Crippen LogP) is 1.91. The monoisotopic (exact) mass is 276 g/mol. The summed E-state index contributed by atoms with van der Waals surface area (Å²) in [5.74, 6) is 3.21. The summed E-state index contributed by atoms with van der Waals surface area (Å²) in [6, 6.07) is 0.656. The second-order valence-electron chi connectivity index (χ2n) is 6.75. The molecule has 0 bridgehead atoms. The highest BCUT2D eigenvalue weighted by Crippen LogP contribution is 2.39. The van der Waals surface area contributed by atoms with Crippen LogP contribution in [-0.4, -0.2) is 40.7 Å². The molecule has 1 aliphatic heterocycles. The third-order valence-electron chi connectivity index (χ3n) is 4.63. The van der Waals surface area contributed by atoms with Crippen LogP contribution in [0.2, 0.25) is 0 Å². The number of hydrogen-bond acceptors (Lipinski definition) is 5. The highest BCUT2D eigenvalue weighted by atomic mass is 16.5. The number of hydrogen-bond donors (Lipinski definition) is 1. The lowest BCUT2D eigenvalue weighted by Gasteiger charge is -2.24. The van der Waals surface area contributed by atoms with E-state index in [2.05, 4.69) is 20.4 Å². The van der Waals surface area contributed by atoms with E-state index in [1.807, 2.05) is 0 Å². The van der Waals surface area contributed by atoms with Gasteiger partial charge in [0.2, 0.25) is 5.89 Å². The SMILES string of the molecule is C1CNC(CN(Cc2noc(C3CC3)n2)CC2CC2)C1. The highest BCUT2D eigenvalue weighted by molar-refractivity contribution is 5.01. The van der Waals surface area contributed by atoms with Crippen molar-refractivity contribution in [2.45, 2.75) is 57.0 Å². The molecule has 1 atom stereocenters. The quantitative estimate of drug-likeness (QED) is 0.824. The summed E-state index contributed by atoms with van der Waals surface area (Å²) in [5, 5.41) is 7.77. The molecule has 20 heavy (non-hydrogen) atoms. The Labute approximate surface area is 120 Å². The Kier molecular flexibility index (Phi) is 3.48. The van der Waals surface area contributed by atoms with Gasteiger partial charge in [0.25, 0.3) is 0 Å². The zero-order chi connectivity index (χ0) is 13.4. The standard InChI is InChI=1S/C15H24N4O/c1-2-13(16-7-1)9-19(8-11-3-4-11)10-14-17-15(20-18-14)12-5-6-12/h11-13,16H,1-10H2. The summed E-state index contributed by atoms with van der Waals surface area (Å²) in [6.45, 7) is 4.36. The molecule has 1 saturated heterocycles. The van der Waals surface area contributed by atoms with Gasteiger partial charge in [-0.1, -0.05) is 5.16 Å². The summed E-state index contributed by atoms with van der Waals surface area (Å²) in [5.41, 5.74) is 0. The van der Waals surface area contributed by atoms with Crippen LogP contribution in [0.5, 0.6) is 0 Å². The van der Waals surface area contributed by atoms with Crippen LogP contribution in [0.15, 0.2) is 4.52 Å². The molecule has 0 spiro atoms. The fourth-order valence-corrected chi connectivity index (χ4v) is 3.12. The molecule has 1 unspecified atom stereocenters. The Bertz CT molecular complexity index is 446. The van der Waals surface area contributed by atoms with Gasteiger partial charge in [-0.3, -0.25) is 4.90 Å². The lowest BCUT2D eigenvalue weighted by Crippen LogP contribution is -2.38. The topological polar surface area (TPSA) is 54.2 Å². The van der Waals surface area contributed by atoms with Gasteiger partial charge in [-0.05, 0) is 51.0 Å². The van der Waals surface area contributed by atoms with Crippen LogP contribution in [0.25, 0.3) is 0 Å². The highest BCUT2D eigenvalue weighted by Gasteiger charge is 2.31. The van der Waals surface area contributed by atoms with Crippen molar-refractivity contribution in [1.29, 1.82) is 0 Å². The van der Waals surface area contributed by atoms with Gasteiger partial charge >= 0.3 is 0 Å². The molecule has 5 heteroatoms. The van der Waals surface area contributed by atoms with Crippen molar-refractivity contribution in [3.8, 4) is 0 Å². The van der Waals surface area contributed by atoms with Crippen LogP contribution >= 0.6 is 0 Å². The van der Waals surface area contributed by atoms with Crippen LogP contribution in [0.4, 0.5) is 0 Å². The third-order valence-corrected chi connectivity index (χ3v) is 4.63. The second kappa shape index (κ2) is 5.45. The minimum atomic E-state index is 0.560. The first-order valence-electron chi connectivity index (χ1n) is 8.15. The molecule has 0 aromatic carbocycles. The molecule has 2 heterocycles. The zero-order valence-corrected chi connectivity index (χ0v) is 12.1. The van der Waals surface area contributed by atoms with E-state index < -0.39 is 0 Å². The molecule has 1 N–H and O–H groups in total. The molecular formula is C15H24N4O. The van der Waals surface area contributed by atoms with Gasteiger partial charge in [0.1, 0.15) is 0 Å². The van der Waals surface area contributed by atoms with E-state index in [1.165, 1.54) is 51.6 Å². The van der Waals surface area contributed by atoms with E-state index in [1.54, 1.807) is 0 Å². The summed E-state index contributed by atoms with van der Waals surface area (Å²) in [7, 11) is 0. The molecule has 1 aromatic heterocycles. The van der Waals surface area contributed by atoms with E-state index in [4.69, 9.17) is 4.52 Å². The van der Waals surface area contributed by atoms with E-state index in [-0.39, 0.29) is 0 Å². The molecule has 0 radical (unpaired) electrons. The molecule has 2 saturated carbocycles. The van der Waals surface area contributed by atoms with Crippen molar-refractivity contribution in [3.05, 3.63) is 11.7 Å². The maximum atomic E-state index is 5.38. The van der Waals surface area contributed by atoms with Crippen LogP contribution in [0.1, 0.15) is 56.2 Å². The minimum Gasteiger partial charge on any atom is -0.339 e. The van der Waals surface area contributed by atoms with Crippen LogP contribution in [-0.2, 0) is 6.54 Å². The minimum absolute atomic E-state index is 0.560. The largest absolute Gasteiger partial charge is 0.339 e. The van der Waals surface area contributed by atoms with Crippen molar-refractivity contribution in [1.82, 2.24) is 20.4 Å². The third kappa shape index (κ3) is 3.20. The van der Waals surface area contributed by atoms with Gasteiger partial charge in [-0.25, -0.2) is 0 Å². The molecule has 5 nitrogen and oxygen atoms in total. The Morgan fingerprint density at radius 1 is 1.15 bits per heavy atom. The average Bonchev–Trinajstić information content (AvgIpc) is 3.35. The summed E-state index contributed by atoms with van der Waals surface area (Å²) in [4.78, 5) is 7.10. The van der Waals surface area contributed by atoms with Gasteiger partial charge in [0.05, 0.1) is 6.54 Å². The Hall–Kier alpha value is -0.940. The number of aromatic nitrogens is 2. The van der Waals surface area contributed by atoms with Crippen molar-refractivity contribution >= 4 is 0 Å². The van der Waals surface area contributed by atoms with E-state index in [0.29, 0.717) is 12.0 Å². The van der Waals surface area contributed by atoms with E-state index in [9.17, 15) is 0 Å². The lowest BCUT2D eigenvalue weighted by atomic mass is 10.2. The van der Waals surface area contributed by atoms with Gasteiger partial charge in [0, 0.05) is 25.0 Å². The fourth-order valence-electron chi connectivity index (χ4n) is 3.12. The summed E-state index contributed by atoms with van der Waals surface area (Å²) < 4.78 is 5.38. The lowest BCUT2D eigenvalue weighted by molar-refractivity contribution is 0.223. The van der Waals surface area contributed by atoms with Gasteiger partial charge in [0.15, 0.2) is 5.82 Å². The molecular weight excluding hydrogens is 252 g/mol. The fraction of sp³-hybridized carbons (Fsp3) is 0.867. The van der Waals surface area contributed by atoms with E-state index >= 15 is 0 Å². The molecule has 3 fully saturated rings. The Morgan fingerprint density at radius 2 is 2.05 bits per heavy atom. The van der Waals surface area contributed by atoms with Crippen LogP contribution < -0.4 is 5.32 Å². The Morgan fingerprint density at radius 3 is 2.75 bits per heavy atom. The molecule has 3 aliphatic rings. The van der Waals surface area contributed by atoms with Crippen molar-refractivity contribution in [2.24, 2.45) is 5.92 Å². The van der Waals surface area contributed by atoms with Gasteiger partial charge < -0.3 is 9.84 Å². The normalized spacial score (nSPS) is 26.6. The summed E-state index contributed by atoms with van der Waals surface area (Å²) in [6.07, 6.45) is 7.86. The van der Waals surface area contributed by atoms with E-state index in [0.717, 1.165) is 30.7 Å². The average molecular weight is 276 g/mol. The number of nitrogens with one attached hydrogen (secondary N) is 1. The molecule has 110 valence electrons. The second-order valence-corrected chi connectivity index (χ2v) is 6.75. The number of nitrogens with zero attached hydrogens (tertiary/aromatic N) is 3. The predicted molar refractivity (Wildman–Crippen MR) is 75.3 cm³/mol. The van der Waals surface area contributed by atoms with Crippen molar-refractivity contribution in [3.63, 3.8) is 0 Å². The first-order chi connectivity index (χ1) is 9.87.